The molecule has 192 valence electrons. The SMILES string of the molecule is CN(C)CC(=O)NC1=NC(=O)S/C1=C\C1CCN(Cc2ccc(C(F)(F)F)cc2C(F)(F)F)CC1. The summed E-state index contributed by atoms with van der Waals surface area (Å²) in [5, 5.41) is 2.17. The van der Waals surface area contributed by atoms with Crippen LogP contribution in [-0.2, 0) is 23.7 Å². The Morgan fingerprint density at radius 2 is 1.83 bits per heavy atom. The molecule has 2 aliphatic heterocycles. The van der Waals surface area contributed by atoms with Gasteiger partial charge in [0.25, 0.3) is 0 Å². The van der Waals surface area contributed by atoms with Crippen LogP contribution in [0.3, 0.4) is 0 Å². The van der Waals surface area contributed by atoms with Gasteiger partial charge in [-0.1, -0.05) is 12.1 Å². The van der Waals surface area contributed by atoms with Gasteiger partial charge >= 0.3 is 17.6 Å². The number of rotatable bonds is 5. The molecule has 0 spiro atoms. The Morgan fingerprint density at radius 3 is 2.40 bits per heavy atom. The van der Waals surface area contributed by atoms with E-state index in [1.165, 1.54) is 0 Å². The van der Waals surface area contributed by atoms with Crippen LogP contribution in [0.15, 0.2) is 34.2 Å². The minimum absolute atomic E-state index is 0.00490. The summed E-state index contributed by atoms with van der Waals surface area (Å²) >= 11 is 0.899. The number of nitrogens with zero attached hydrogens (tertiary/aromatic N) is 3. The van der Waals surface area contributed by atoms with E-state index in [9.17, 15) is 35.9 Å². The molecule has 6 nitrogen and oxygen atoms in total. The number of hydrogen-bond acceptors (Lipinski definition) is 5. The maximum atomic E-state index is 13.4. The molecular formula is C22H24F6N4O2S. The summed E-state index contributed by atoms with van der Waals surface area (Å²) in [6, 6.07) is 1.72. The molecule has 1 saturated heterocycles. The van der Waals surface area contributed by atoms with E-state index in [0.717, 1.165) is 17.8 Å². The van der Waals surface area contributed by atoms with Crippen molar-refractivity contribution >= 4 is 28.7 Å². The Bertz CT molecular complexity index is 1030. The van der Waals surface area contributed by atoms with Crippen molar-refractivity contribution in [2.75, 3.05) is 33.7 Å². The molecule has 1 fully saturated rings. The highest BCUT2D eigenvalue weighted by atomic mass is 32.2. The van der Waals surface area contributed by atoms with Crippen molar-refractivity contribution in [1.82, 2.24) is 15.1 Å². The Morgan fingerprint density at radius 1 is 1.17 bits per heavy atom. The van der Waals surface area contributed by atoms with Gasteiger partial charge in [0.05, 0.1) is 22.6 Å². The number of nitrogens with one attached hydrogen (secondary N) is 1. The average Bonchev–Trinajstić information content (AvgIpc) is 3.05. The third-order valence-corrected chi connectivity index (χ3v) is 6.32. The monoisotopic (exact) mass is 522 g/mol. The molecule has 0 saturated carbocycles. The van der Waals surface area contributed by atoms with Crippen molar-refractivity contribution < 1.29 is 35.9 Å². The second kappa shape index (κ2) is 10.7. The molecule has 13 heteroatoms. The van der Waals surface area contributed by atoms with Crippen molar-refractivity contribution in [3.8, 4) is 0 Å². The number of alkyl halides is 6. The van der Waals surface area contributed by atoms with Crippen LogP contribution in [0.2, 0.25) is 0 Å². The van der Waals surface area contributed by atoms with E-state index in [1.54, 1.807) is 23.9 Å². The summed E-state index contributed by atoms with van der Waals surface area (Å²) in [5.41, 5.74) is -2.83. The summed E-state index contributed by atoms with van der Waals surface area (Å²) < 4.78 is 78.9. The maximum absolute atomic E-state index is 13.4. The number of amides is 2. The molecule has 1 aromatic rings. The molecule has 2 heterocycles. The van der Waals surface area contributed by atoms with Gasteiger partial charge in [0, 0.05) is 6.54 Å². The van der Waals surface area contributed by atoms with Crippen molar-refractivity contribution in [1.29, 1.82) is 0 Å². The number of allylic oxidation sites excluding steroid dienone is 1. The first kappa shape index (κ1) is 27.2. The van der Waals surface area contributed by atoms with Gasteiger partial charge in [-0.3, -0.25) is 14.5 Å². The van der Waals surface area contributed by atoms with E-state index in [-0.39, 0.29) is 42.4 Å². The van der Waals surface area contributed by atoms with Crippen LogP contribution in [-0.4, -0.2) is 60.5 Å². The summed E-state index contributed by atoms with van der Waals surface area (Å²) in [6.45, 7) is 0.833. The molecule has 3 rings (SSSR count). The minimum atomic E-state index is -4.90. The lowest BCUT2D eigenvalue weighted by Gasteiger charge is -2.31. The number of thioether (sulfide) groups is 1. The molecule has 0 radical (unpaired) electrons. The fourth-order valence-corrected chi connectivity index (χ4v) is 4.64. The topological polar surface area (TPSA) is 65.0 Å². The number of aliphatic imine (C=N–C) groups is 1. The predicted octanol–water partition coefficient (Wildman–Crippen LogP) is 4.76. The second-order valence-electron chi connectivity index (χ2n) is 8.63. The van der Waals surface area contributed by atoms with Crippen LogP contribution in [0.25, 0.3) is 0 Å². The molecule has 1 aromatic carbocycles. The highest BCUT2D eigenvalue weighted by Gasteiger charge is 2.38. The molecule has 0 atom stereocenters. The van der Waals surface area contributed by atoms with E-state index in [2.05, 4.69) is 10.3 Å². The van der Waals surface area contributed by atoms with E-state index < -0.39 is 28.7 Å². The quantitative estimate of drug-likeness (QED) is 0.565. The molecule has 0 aromatic heterocycles. The molecule has 35 heavy (non-hydrogen) atoms. The Kier molecular flexibility index (Phi) is 8.32. The van der Waals surface area contributed by atoms with Crippen molar-refractivity contribution in [2.24, 2.45) is 10.9 Å². The highest BCUT2D eigenvalue weighted by molar-refractivity contribution is 8.18. The lowest BCUT2D eigenvalue weighted by atomic mass is 9.95. The van der Waals surface area contributed by atoms with Gasteiger partial charge in [0.1, 0.15) is 0 Å². The lowest BCUT2D eigenvalue weighted by molar-refractivity contribution is -0.143. The highest BCUT2D eigenvalue weighted by Crippen LogP contribution is 2.38. The standard InChI is InChI=1S/C22H24F6N4O2S/c1-31(2)12-18(33)29-19-17(35-20(34)30-19)9-13-5-7-32(8-6-13)11-14-3-4-15(21(23,24)25)10-16(14)22(26,27)28/h3-4,9-10,13H,5-8,11-12H2,1-2H3,(H,29,30,33,34)/b17-9-. The predicted molar refractivity (Wildman–Crippen MR) is 120 cm³/mol. The summed E-state index contributed by atoms with van der Waals surface area (Å²) in [5.74, 6) is -0.124. The van der Waals surface area contributed by atoms with Crippen LogP contribution in [0.1, 0.15) is 29.5 Å². The Labute approximate surface area is 202 Å². The Balaban J connectivity index is 1.64. The maximum Gasteiger partial charge on any atom is 0.416 e. The first-order valence-corrected chi connectivity index (χ1v) is 11.5. The van der Waals surface area contributed by atoms with Gasteiger partial charge in [-0.25, -0.2) is 0 Å². The third kappa shape index (κ3) is 7.55. The van der Waals surface area contributed by atoms with E-state index >= 15 is 0 Å². The number of amidine groups is 1. The largest absolute Gasteiger partial charge is 0.416 e. The van der Waals surface area contributed by atoms with Crippen molar-refractivity contribution in [3.63, 3.8) is 0 Å². The van der Waals surface area contributed by atoms with Crippen molar-refractivity contribution in [2.45, 2.75) is 31.7 Å². The van der Waals surface area contributed by atoms with Crippen LogP contribution < -0.4 is 5.32 Å². The molecule has 2 aliphatic rings. The van der Waals surface area contributed by atoms with Crippen LogP contribution in [0.4, 0.5) is 31.1 Å². The number of carbonyl (C=O) groups excluding carboxylic acids is 2. The molecule has 0 aliphatic carbocycles. The smallest absolute Gasteiger partial charge is 0.308 e. The molecule has 1 N–H and O–H groups in total. The third-order valence-electron chi connectivity index (χ3n) is 5.51. The zero-order valence-corrected chi connectivity index (χ0v) is 19.8. The second-order valence-corrected chi connectivity index (χ2v) is 9.62. The number of likely N-dealkylation sites (tertiary alicyclic amines) is 1. The fraction of sp³-hybridized carbons (Fsp3) is 0.500. The van der Waals surface area contributed by atoms with E-state index in [0.29, 0.717) is 36.9 Å². The number of piperidine rings is 1. The normalized spacial score (nSPS) is 19.5. The van der Waals surface area contributed by atoms with Crippen molar-refractivity contribution in [3.05, 3.63) is 45.9 Å². The zero-order valence-electron chi connectivity index (χ0n) is 19.0. The van der Waals surface area contributed by atoms with Gasteiger partial charge in [0.2, 0.25) is 5.91 Å². The number of carbonyl (C=O) groups is 2. The van der Waals surface area contributed by atoms with Crippen LogP contribution >= 0.6 is 11.8 Å². The molecule has 0 bridgehead atoms. The van der Waals surface area contributed by atoms with Gasteiger partial charge in [-0.05, 0) is 75.4 Å². The fourth-order valence-electron chi connectivity index (χ4n) is 3.86. The summed E-state index contributed by atoms with van der Waals surface area (Å²) in [4.78, 5) is 31.6. The lowest BCUT2D eigenvalue weighted by Crippen LogP contribution is -2.37. The van der Waals surface area contributed by atoms with Gasteiger partial charge < -0.3 is 10.2 Å². The van der Waals surface area contributed by atoms with Gasteiger partial charge in [0.15, 0.2) is 5.84 Å². The van der Waals surface area contributed by atoms with Gasteiger partial charge in [-0.15, -0.1) is 0 Å². The summed E-state index contributed by atoms with van der Waals surface area (Å²) in [7, 11) is 3.45. The number of hydrogen-bond donors (Lipinski definition) is 1. The van der Waals surface area contributed by atoms with E-state index in [1.807, 2.05) is 6.08 Å². The summed E-state index contributed by atoms with van der Waals surface area (Å²) in [6.07, 6.45) is -6.80. The minimum Gasteiger partial charge on any atom is -0.308 e. The Hall–Kier alpha value is -2.38. The van der Waals surface area contributed by atoms with Crippen LogP contribution in [0, 0.1) is 5.92 Å². The zero-order chi connectivity index (χ0) is 26.0. The van der Waals surface area contributed by atoms with Crippen LogP contribution in [0.5, 0.6) is 0 Å². The average molecular weight is 523 g/mol. The first-order chi connectivity index (χ1) is 16.2. The first-order valence-electron chi connectivity index (χ1n) is 10.7. The molecular weight excluding hydrogens is 498 g/mol. The van der Waals surface area contributed by atoms with E-state index in [4.69, 9.17) is 0 Å². The number of likely N-dealkylation sites (N-methyl/N-ethyl adjacent to an activating group) is 1. The van der Waals surface area contributed by atoms with Gasteiger partial charge in [-0.2, -0.15) is 31.3 Å². The molecule has 2 amide bonds. The number of halogens is 6. The number of benzene rings is 1. The molecule has 0 unspecified atom stereocenters.